The summed E-state index contributed by atoms with van der Waals surface area (Å²) in [6.45, 7) is 4.63. The van der Waals surface area contributed by atoms with Gasteiger partial charge in [-0.3, -0.25) is 4.79 Å². The van der Waals surface area contributed by atoms with Crippen LogP contribution in [0.1, 0.15) is 40.2 Å². The van der Waals surface area contributed by atoms with Crippen molar-refractivity contribution in [2.75, 3.05) is 33.4 Å². The number of hydrogen-bond donors (Lipinski definition) is 0. The number of hydrogen-bond acceptors (Lipinski definition) is 4. The molecule has 0 aliphatic carbocycles. The lowest BCUT2D eigenvalue weighted by molar-refractivity contribution is -0.151. The summed E-state index contributed by atoms with van der Waals surface area (Å²) in [7, 11) is 1.39. The highest BCUT2D eigenvalue weighted by Crippen LogP contribution is 2.30. The van der Waals surface area contributed by atoms with Gasteiger partial charge in [0.2, 0.25) is 5.91 Å². The molecule has 2 heterocycles. The van der Waals surface area contributed by atoms with Crippen LogP contribution in [0.25, 0.3) is 0 Å². The van der Waals surface area contributed by atoms with Crippen molar-refractivity contribution in [3.05, 3.63) is 34.9 Å². The van der Waals surface area contributed by atoms with Gasteiger partial charge in [-0.25, -0.2) is 4.79 Å². The zero-order valence-electron chi connectivity index (χ0n) is 13.7. The topological polar surface area (TPSA) is 55.8 Å². The van der Waals surface area contributed by atoms with Gasteiger partial charge in [-0.05, 0) is 43.0 Å². The number of ether oxygens (including phenoxy) is 2. The number of carbonyl (C=O) groups is 2. The Labute approximate surface area is 136 Å². The molecule has 2 saturated heterocycles. The summed E-state index contributed by atoms with van der Waals surface area (Å²) in [6, 6.07) is 5.86. The van der Waals surface area contributed by atoms with Gasteiger partial charge in [0, 0.05) is 19.0 Å². The second kappa shape index (κ2) is 6.71. The number of amides is 1. The minimum absolute atomic E-state index is 0.0388. The maximum atomic E-state index is 12.4. The molecule has 23 heavy (non-hydrogen) atoms. The van der Waals surface area contributed by atoms with Crippen molar-refractivity contribution >= 4 is 11.9 Å². The van der Waals surface area contributed by atoms with Crippen molar-refractivity contribution in [3.8, 4) is 0 Å². The molecule has 2 aliphatic heterocycles. The maximum absolute atomic E-state index is 12.4. The molecule has 1 aromatic rings. The average Bonchev–Trinajstić information content (AvgIpc) is 2.52. The number of rotatable bonds is 3. The molecule has 2 aliphatic rings. The van der Waals surface area contributed by atoms with Crippen LogP contribution in [0.15, 0.2) is 18.2 Å². The predicted molar refractivity (Wildman–Crippen MR) is 85.4 cm³/mol. The van der Waals surface area contributed by atoms with Crippen LogP contribution in [0.4, 0.5) is 0 Å². The molecule has 2 fully saturated rings. The van der Waals surface area contributed by atoms with Crippen LogP contribution >= 0.6 is 0 Å². The van der Waals surface area contributed by atoms with Crippen molar-refractivity contribution in [2.45, 2.75) is 25.7 Å². The fourth-order valence-corrected chi connectivity index (χ4v) is 3.37. The number of benzene rings is 1. The second-order valence-electron chi connectivity index (χ2n) is 6.48. The second-order valence-corrected chi connectivity index (χ2v) is 6.48. The Balaban J connectivity index is 1.76. The van der Waals surface area contributed by atoms with Gasteiger partial charge in [0.25, 0.3) is 0 Å². The fourth-order valence-electron chi connectivity index (χ4n) is 3.37. The third kappa shape index (κ3) is 3.39. The third-order valence-electron chi connectivity index (χ3n) is 4.71. The standard InChI is InChI=1S/C18H23NO4/c1-12-6-14(8-15(7-12)18(21)22-2)13-4-3-5-19(9-13)17(20)16-10-23-11-16/h6-8,13,16H,3-5,9-11H2,1-2H3. The van der Waals surface area contributed by atoms with Crippen molar-refractivity contribution in [3.63, 3.8) is 0 Å². The zero-order chi connectivity index (χ0) is 16.4. The Kier molecular flexibility index (Phi) is 4.66. The quantitative estimate of drug-likeness (QED) is 0.802. The van der Waals surface area contributed by atoms with E-state index in [0.29, 0.717) is 18.8 Å². The van der Waals surface area contributed by atoms with Crippen LogP contribution in [-0.4, -0.2) is 50.2 Å². The summed E-state index contributed by atoms with van der Waals surface area (Å²) < 4.78 is 9.96. The van der Waals surface area contributed by atoms with Crippen molar-refractivity contribution in [1.82, 2.24) is 4.90 Å². The molecule has 1 unspecified atom stereocenters. The molecule has 0 bridgehead atoms. The van der Waals surface area contributed by atoms with Crippen LogP contribution in [0.3, 0.4) is 0 Å². The van der Waals surface area contributed by atoms with Crippen molar-refractivity contribution in [1.29, 1.82) is 0 Å². The normalized spacial score (nSPS) is 21.7. The number of methoxy groups -OCH3 is 1. The van der Waals surface area contributed by atoms with Gasteiger partial charge in [0.15, 0.2) is 0 Å². The Hall–Kier alpha value is -1.88. The molecule has 0 N–H and O–H groups in total. The van der Waals surface area contributed by atoms with E-state index in [0.717, 1.165) is 37.1 Å². The monoisotopic (exact) mass is 317 g/mol. The summed E-state index contributed by atoms with van der Waals surface area (Å²) in [5.74, 6) is 0.209. The van der Waals surface area contributed by atoms with E-state index in [1.165, 1.54) is 7.11 Å². The SMILES string of the molecule is COC(=O)c1cc(C)cc(C2CCCN(C(=O)C3COC3)C2)c1. The summed E-state index contributed by atoms with van der Waals surface area (Å²) in [6.07, 6.45) is 2.03. The predicted octanol–water partition coefficient (Wildman–Crippen LogP) is 2.13. The first-order valence-electron chi connectivity index (χ1n) is 8.15. The smallest absolute Gasteiger partial charge is 0.337 e. The maximum Gasteiger partial charge on any atom is 0.337 e. The molecule has 5 heteroatoms. The van der Waals surface area contributed by atoms with E-state index in [4.69, 9.17) is 9.47 Å². The van der Waals surface area contributed by atoms with Crippen LogP contribution in [0.2, 0.25) is 0 Å². The van der Waals surface area contributed by atoms with E-state index >= 15 is 0 Å². The highest BCUT2D eigenvalue weighted by molar-refractivity contribution is 5.89. The number of piperidine rings is 1. The minimum atomic E-state index is -0.315. The van der Waals surface area contributed by atoms with Gasteiger partial charge in [-0.1, -0.05) is 6.07 Å². The van der Waals surface area contributed by atoms with E-state index in [-0.39, 0.29) is 23.7 Å². The van der Waals surface area contributed by atoms with Crippen LogP contribution in [-0.2, 0) is 14.3 Å². The molecule has 0 saturated carbocycles. The zero-order valence-corrected chi connectivity index (χ0v) is 13.7. The molecule has 1 amide bonds. The Bertz CT molecular complexity index is 609. The van der Waals surface area contributed by atoms with E-state index < -0.39 is 0 Å². The average molecular weight is 317 g/mol. The molecule has 1 aromatic carbocycles. The largest absolute Gasteiger partial charge is 0.465 e. The van der Waals surface area contributed by atoms with Crippen molar-refractivity contribution in [2.24, 2.45) is 5.92 Å². The third-order valence-corrected chi connectivity index (χ3v) is 4.71. The molecule has 0 radical (unpaired) electrons. The molecule has 124 valence electrons. The Morgan fingerprint density at radius 2 is 2.04 bits per heavy atom. The number of esters is 1. The van der Waals surface area contributed by atoms with Gasteiger partial charge in [0.05, 0.1) is 31.8 Å². The first-order valence-corrected chi connectivity index (χ1v) is 8.15. The fraction of sp³-hybridized carbons (Fsp3) is 0.556. The van der Waals surface area contributed by atoms with E-state index in [9.17, 15) is 9.59 Å². The number of nitrogens with zero attached hydrogens (tertiary/aromatic N) is 1. The molecule has 5 nitrogen and oxygen atoms in total. The first-order chi connectivity index (χ1) is 11.1. The van der Waals surface area contributed by atoms with Gasteiger partial charge >= 0.3 is 5.97 Å². The highest BCUT2D eigenvalue weighted by Gasteiger charge is 2.33. The Morgan fingerprint density at radius 1 is 1.26 bits per heavy atom. The van der Waals surface area contributed by atoms with Gasteiger partial charge in [-0.2, -0.15) is 0 Å². The highest BCUT2D eigenvalue weighted by atomic mass is 16.5. The lowest BCUT2D eigenvalue weighted by Gasteiger charge is -2.37. The Morgan fingerprint density at radius 3 is 2.70 bits per heavy atom. The van der Waals surface area contributed by atoms with Crippen LogP contribution in [0.5, 0.6) is 0 Å². The minimum Gasteiger partial charge on any atom is -0.465 e. The lowest BCUT2D eigenvalue weighted by Crippen LogP contribution is -2.48. The summed E-state index contributed by atoms with van der Waals surface area (Å²) in [5.41, 5.74) is 2.74. The summed E-state index contributed by atoms with van der Waals surface area (Å²) >= 11 is 0. The molecule has 1 atom stereocenters. The van der Waals surface area contributed by atoms with Gasteiger partial charge in [-0.15, -0.1) is 0 Å². The summed E-state index contributed by atoms with van der Waals surface area (Å²) in [4.78, 5) is 26.2. The molecular formula is C18H23NO4. The van der Waals surface area contributed by atoms with E-state index in [2.05, 4.69) is 6.07 Å². The molecule has 0 aromatic heterocycles. The lowest BCUT2D eigenvalue weighted by atomic mass is 9.88. The van der Waals surface area contributed by atoms with E-state index in [1.807, 2.05) is 24.0 Å². The number of carbonyl (C=O) groups excluding carboxylic acids is 2. The van der Waals surface area contributed by atoms with Gasteiger partial charge < -0.3 is 14.4 Å². The molecule has 0 spiro atoms. The van der Waals surface area contributed by atoms with Crippen molar-refractivity contribution < 1.29 is 19.1 Å². The number of likely N-dealkylation sites (tertiary alicyclic amines) is 1. The number of aryl methyl sites for hydroxylation is 1. The van der Waals surface area contributed by atoms with Gasteiger partial charge in [0.1, 0.15) is 0 Å². The molecule has 3 rings (SSSR count). The molecular weight excluding hydrogens is 294 g/mol. The first kappa shape index (κ1) is 16.0. The van der Waals surface area contributed by atoms with Crippen LogP contribution < -0.4 is 0 Å². The summed E-state index contributed by atoms with van der Waals surface area (Å²) in [5, 5.41) is 0. The van der Waals surface area contributed by atoms with E-state index in [1.54, 1.807) is 0 Å². The van der Waals surface area contributed by atoms with Crippen LogP contribution in [0, 0.1) is 12.8 Å².